The average molecular weight is 283 g/mol. The van der Waals surface area contributed by atoms with Crippen molar-refractivity contribution < 1.29 is 14.7 Å². The Morgan fingerprint density at radius 2 is 1.95 bits per heavy atom. The largest absolute Gasteiger partial charge is 0.481 e. The lowest BCUT2D eigenvalue weighted by Gasteiger charge is -2.26. The van der Waals surface area contributed by atoms with Crippen molar-refractivity contribution in [3.8, 4) is 0 Å². The molecule has 1 atom stereocenters. The zero-order valence-electron chi connectivity index (χ0n) is 12.7. The van der Waals surface area contributed by atoms with Crippen molar-refractivity contribution in [3.05, 3.63) is 0 Å². The van der Waals surface area contributed by atoms with E-state index in [1.165, 1.54) is 32.1 Å². The third-order valence-corrected chi connectivity index (χ3v) is 4.22. The van der Waals surface area contributed by atoms with Gasteiger partial charge in [-0.1, -0.05) is 45.4 Å². The van der Waals surface area contributed by atoms with Crippen molar-refractivity contribution in [2.75, 3.05) is 6.54 Å². The van der Waals surface area contributed by atoms with Crippen LogP contribution in [0.5, 0.6) is 0 Å². The molecule has 1 rings (SSSR count). The highest BCUT2D eigenvalue weighted by Gasteiger charge is 2.23. The first kappa shape index (κ1) is 17.0. The molecule has 1 fully saturated rings. The normalized spacial score (nSPS) is 17.6. The Morgan fingerprint density at radius 1 is 1.25 bits per heavy atom. The molecule has 1 saturated carbocycles. The lowest BCUT2D eigenvalue weighted by Crippen LogP contribution is -2.33. The second kappa shape index (κ2) is 9.78. The zero-order chi connectivity index (χ0) is 14.8. The van der Waals surface area contributed by atoms with Crippen LogP contribution in [-0.2, 0) is 9.59 Å². The van der Waals surface area contributed by atoms with E-state index in [2.05, 4.69) is 12.2 Å². The van der Waals surface area contributed by atoms with Crippen LogP contribution >= 0.6 is 0 Å². The first-order valence-corrected chi connectivity index (χ1v) is 8.13. The molecule has 0 aromatic heterocycles. The third-order valence-electron chi connectivity index (χ3n) is 4.22. The van der Waals surface area contributed by atoms with Crippen molar-refractivity contribution in [3.63, 3.8) is 0 Å². The Morgan fingerprint density at radius 3 is 2.55 bits per heavy atom. The minimum absolute atomic E-state index is 0.118. The monoisotopic (exact) mass is 283 g/mol. The third kappa shape index (κ3) is 6.92. The number of hydrogen-bond acceptors (Lipinski definition) is 2. The van der Waals surface area contributed by atoms with E-state index in [1.54, 1.807) is 0 Å². The summed E-state index contributed by atoms with van der Waals surface area (Å²) in [5.74, 6) is 0.160. The van der Waals surface area contributed by atoms with Gasteiger partial charge >= 0.3 is 5.97 Å². The molecule has 2 N–H and O–H groups in total. The SMILES string of the molecule is CCCC(CC1CCCCC1)C(=O)NCCCC(=O)O. The molecule has 1 amide bonds. The van der Waals surface area contributed by atoms with E-state index in [1.807, 2.05) is 0 Å². The molecule has 4 nitrogen and oxygen atoms in total. The molecule has 0 heterocycles. The van der Waals surface area contributed by atoms with Gasteiger partial charge in [-0.3, -0.25) is 9.59 Å². The molecule has 116 valence electrons. The molecular weight excluding hydrogens is 254 g/mol. The highest BCUT2D eigenvalue weighted by Crippen LogP contribution is 2.30. The van der Waals surface area contributed by atoms with Crippen molar-refractivity contribution in [1.82, 2.24) is 5.32 Å². The van der Waals surface area contributed by atoms with Crippen LogP contribution in [0.1, 0.15) is 71.1 Å². The van der Waals surface area contributed by atoms with E-state index in [-0.39, 0.29) is 18.2 Å². The van der Waals surface area contributed by atoms with Gasteiger partial charge in [0.1, 0.15) is 0 Å². The average Bonchev–Trinajstić information content (AvgIpc) is 2.44. The minimum Gasteiger partial charge on any atom is -0.481 e. The molecule has 1 aliphatic carbocycles. The number of hydrogen-bond donors (Lipinski definition) is 2. The van der Waals surface area contributed by atoms with E-state index < -0.39 is 5.97 Å². The lowest BCUT2D eigenvalue weighted by atomic mass is 9.81. The van der Waals surface area contributed by atoms with Crippen LogP contribution in [0.4, 0.5) is 0 Å². The van der Waals surface area contributed by atoms with Crippen LogP contribution in [0.15, 0.2) is 0 Å². The molecule has 0 bridgehead atoms. The first-order valence-electron chi connectivity index (χ1n) is 8.13. The summed E-state index contributed by atoms with van der Waals surface area (Å²) in [6.45, 7) is 2.60. The topological polar surface area (TPSA) is 66.4 Å². The van der Waals surface area contributed by atoms with E-state index in [0.717, 1.165) is 19.3 Å². The Kier molecular flexibility index (Phi) is 8.31. The maximum atomic E-state index is 12.2. The van der Waals surface area contributed by atoms with Crippen molar-refractivity contribution in [2.45, 2.75) is 71.1 Å². The summed E-state index contributed by atoms with van der Waals surface area (Å²) < 4.78 is 0. The lowest BCUT2D eigenvalue weighted by molar-refractivity contribution is -0.137. The summed E-state index contributed by atoms with van der Waals surface area (Å²) in [4.78, 5) is 22.6. The van der Waals surface area contributed by atoms with Crippen LogP contribution in [0, 0.1) is 11.8 Å². The number of carboxylic acid groups (broad SMARTS) is 1. The molecule has 0 radical (unpaired) electrons. The fourth-order valence-corrected chi connectivity index (χ4v) is 3.13. The highest BCUT2D eigenvalue weighted by atomic mass is 16.4. The Balaban J connectivity index is 2.31. The van der Waals surface area contributed by atoms with Gasteiger partial charge in [0.25, 0.3) is 0 Å². The summed E-state index contributed by atoms with van der Waals surface area (Å²) in [6, 6.07) is 0. The van der Waals surface area contributed by atoms with E-state index in [9.17, 15) is 9.59 Å². The first-order chi connectivity index (χ1) is 9.63. The number of rotatable bonds is 9. The van der Waals surface area contributed by atoms with Crippen molar-refractivity contribution in [1.29, 1.82) is 0 Å². The summed E-state index contributed by atoms with van der Waals surface area (Å²) >= 11 is 0. The molecule has 4 heteroatoms. The molecule has 1 unspecified atom stereocenters. The fourth-order valence-electron chi connectivity index (χ4n) is 3.13. The Hall–Kier alpha value is -1.06. The summed E-state index contributed by atoms with van der Waals surface area (Å²) in [7, 11) is 0. The van der Waals surface area contributed by atoms with Crippen LogP contribution < -0.4 is 5.32 Å². The van der Waals surface area contributed by atoms with Crippen LogP contribution in [-0.4, -0.2) is 23.5 Å². The summed E-state index contributed by atoms with van der Waals surface area (Å²) in [5, 5.41) is 11.5. The van der Waals surface area contributed by atoms with Gasteiger partial charge in [-0.25, -0.2) is 0 Å². The highest BCUT2D eigenvalue weighted by molar-refractivity contribution is 5.78. The molecule has 0 aromatic carbocycles. The number of carbonyl (C=O) groups is 2. The maximum Gasteiger partial charge on any atom is 0.303 e. The van der Waals surface area contributed by atoms with Gasteiger partial charge in [0.15, 0.2) is 0 Å². The quantitative estimate of drug-likeness (QED) is 0.638. The molecule has 20 heavy (non-hydrogen) atoms. The predicted molar refractivity (Wildman–Crippen MR) is 79.5 cm³/mol. The van der Waals surface area contributed by atoms with E-state index in [0.29, 0.717) is 18.9 Å². The maximum absolute atomic E-state index is 12.2. The summed E-state index contributed by atoms with van der Waals surface area (Å²) in [6.07, 6.45) is 10.1. The number of aliphatic carboxylic acids is 1. The second-order valence-corrected chi connectivity index (χ2v) is 6.01. The van der Waals surface area contributed by atoms with Gasteiger partial charge in [0.2, 0.25) is 5.91 Å². The van der Waals surface area contributed by atoms with Crippen LogP contribution in [0.25, 0.3) is 0 Å². The number of carboxylic acids is 1. The fraction of sp³-hybridized carbons (Fsp3) is 0.875. The molecule has 1 aliphatic rings. The number of nitrogens with one attached hydrogen (secondary N) is 1. The minimum atomic E-state index is -0.799. The zero-order valence-corrected chi connectivity index (χ0v) is 12.7. The number of carbonyl (C=O) groups excluding carboxylic acids is 1. The standard InChI is InChI=1S/C16H29NO3/c1-2-7-14(12-13-8-4-3-5-9-13)16(20)17-11-6-10-15(18)19/h13-14H,2-12H2,1H3,(H,17,20)(H,18,19). The van der Waals surface area contributed by atoms with E-state index >= 15 is 0 Å². The van der Waals surface area contributed by atoms with Crippen LogP contribution in [0.3, 0.4) is 0 Å². The van der Waals surface area contributed by atoms with Crippen molar-refractivity contribution >= 4 is 11.9 Å². The Bertz CT molecular complexity index is 298. The Labute approximate surface area is 122 Å². The van der Waals surface area contributed by atoms with Gasteiger partial charge in [-0.15, -0.1) is 0 Å². The van der Waals surface area contributed by atoms with Gasteiger partial charge in [-0.2, -0.15) is 0 Å². The summed E-state index contributed by atoms with van der Waals surface area (Å²) in [5.41, 5.74) is 0. The van der Waals surface area contributed by atoms with Crippen LogP contribution in [0.2, 0.25) is 0 Å². The van der Waals surface area contributed by atoms with Crippen molar-refractivity contribution in [2.24, 2.45) is 11.8 Å². The molecule has 0 aliphatic heterocycles. The molecule has 0 spiro atoms. The smallest absolute Gasteiger partial charge is 0.303 e. The van der Waals surface area contributed by atoms with E-state index in [4.69, 9.17) is 5.11 Å². The van der Waals surface area contributed by atoms with Gasteiger partial charge in [0.05, 0.1) is 0 Å². The molecule has 0 saturated heterocycles. The molecule has 0 aromatic rings. The molecular formula is C16H29NO3. The number of amides is 1. The van der Waals surface area contributed by atoms with Gasteiger partial charge in [0, 0.05) is 18.9 Å². The van der Waals surface area contributed by atoms with Gasteiger partial charge < -0.3 is 10.4 Å². The second-order valence-electron chi connectivity index (χ2n) is 6.01. The predicted octanol–water partition coefficient (Wildman–Crippen LogP) is 3.35. The van der Waals surface area contributed by atoms with Gasteiger partial charge in [-0.05, 0) is 25.2 Å².